The van der Waals surface area contributed by atoms with Gasteiger partial charge >= 0.3 is 0 Å². The number of rotatable bonds is 11. The van der Waals surface area contributed by atoms with Gasteiger partial charge in [-0.05, 0) is 51.0 Å². The van der Waals surface area contributed by atoms with Crippen LogP contribution in [0.25, 0.3) is 10.8 Å². The summed E-state index contributed by atoms with van der Waals surface area (Å²) in [6.45, 7) is -0.651. The minimum atomic E-state index is -0.475. The molecule has 0 aromatic heterocycles. The van der Waals surface area contributed by atoms with E-state index in [0.29, 0.717) is 15.7 Å². The maximum atomic E-state index is 12.9. The average Bonchev–Trinajstić information content (AvgIpc) is 2.86. The Morgan fingerprint density at radius 2 is 1.64 bits per heavy atom. The summed E-state index contributed by atoms with van der Waals surface area (Å²) in [4.78, 5) is 28.6. The summed E-state index contributed by atoms with van der Waals surface area (Å²) >= 11 is 6.58. The Labute approximate surface area is 225 Å². The minimum Gasteiger partial charge on any atom is -0.506 e. The second kappa shape index (κ2) is 13.4. The third-order valence-electron chi connectivity index (χ3n) is 5.30. The van der Waals surface area contributed by atoms with E-state index >= 15 is 0 Å². The molecular formula is C25H26Br2N4O5. The Morgan fingerprint density at radius 3 is 2.33 bits per heavy atom. The molecule has 4 N–H and O–H groups in total. The molecule has 0 fully saturated rings. The highest BCUT2D eigenvalue weighted by molar-refractivity contribution is 9.11. The maximum absolute atomic E-state index is 12.9. The van der Waals surface area contributed by atoms with Crippen LogP contribution in [0.5, 0.6) is 5.75 Å². The Bertz CT molecular complexity index is 1250. The lowest BCUT2D eigenvalue weighted by atomic mass is 10.1. The number of carbonyl (C=O) groups excluding carboxylic acids is 2. The van der Waals surface area contributed by atoms with E-state index in [4.69, 9.17) is 0 Å². The van der Waals surface area contributed by atoms with Crippen molar-refractivity contribution in [1.82, 2.24) is 10.3 Å². The highest BCUT2D eigenvalue weighted by Gasteiger charge is 2.20. The van der Waals surface area contributed by atoms with Gasteiger partial charge in [-0.1, -0.05) is 46.3 Å². The van der Waals surface area contributed by atoms with Crippen molar-refractivity contribution in [3.8, 4) is 5.75 Å². The van der Waals surface area contributed by atoms with Crippen molar-refractivity contribution in [3.63, 3.8) is 0 Å². The molecule has 9 nitrogen and oxygen atoms in total. The molecule has 0 radical (unpaired) electrons. The Kier molecular flexibility index (Phi) is 10.2. The zero-order valence-electron chi connectivity index (χ0n) is 19.3. The number of aromatic hydroxyl groups is 1. The van der Waals surface area contributed by atoms with Crippen molar-refractivity contribution >= 4 is 66.3 Å². The van der Waals surface area contributed by atoms with Crippen molar-refractivity contribution in [2.75, 3.05) is 44.3 Å². The van der Waals surface area contributed by atoms with Crippen LogP contribution < -0.4 is 10.3 Å². The number of nitrogens with one attached hydrogen (secondary N) is 1. The van der Waals surface area contributed by atoms with Gasteiger partial charge in [-0.3, -0.25) is 9.59 Å². The van der Waals surface area contributed by atoms with E-state index < -0.39 is 5.91 Å². The van der Waals surface area contributed by atoms with Gasteiger partial charge in [-0.2, -0.15) is 5.10 Å². The molecule has 0 aliphatic carbocycles. The fourth-order valence-electron chi connectivity index (χ4n) is 3.54. The van der Waals surface area contributed by atoms with Crippen LogP contribution in [0.1, 0.15) is 5.56 Å². The van der Waals surface area contributed by atoms with Crippen molar-refractivity contribution in [3.05, 3.63) is 69.1 Å². The maximum Gasteiger partial charge on any atom is 0.259 e. The fourth-order valence-corrected chi connectivity index (χ4v) is 4.80. The molecule has 190 valence electrons. The van der Waals surface area contributed by atoms with E-state index in [0.717, 1.165) is 15.2 Å². The van der Waals surface area contributed by atoms with E-state index in [9.17, 15) is 24.9 Å². The van der Waals surface area contributed by atoms with Crippen LogP contribution in [-0.2, 0) is 9.59 Å². The Hall–Kier alpha value is -2.99. The Balaban J connectivity index is 1.79. The summed E-state index contributed by atoms with van der Waals surface area (Å²) in [6.07, 6.45) is 1.32. The van der Waals surface area contributed by atoms with Gasteiger partial charge in [0.25, 0.3) is 5.91 Å². The molecule has 0 aliphatic rings. The number of benzene rings is 3. The highest BCUT2D eigenvalue weighted by atomic mass is 79.9. The van der Waals surface area contributed by atoms with E-state index in [2.05, 4.69) is 42.4 Å². The van der Waals surface area contributed by atoms with Crippen LogP contribution in [0, 0.1) is 0 Å². The molecule has 0 saturated carbocycles. The first-order valence-corrected chi connectivity index (χ1v) is 12.6. The molecule has 0 saturated heterocycles. The molecule has 11 heteroatoms. The molecule has 36 heavy (non-hydrogen) atoms. The lowest BCUT2D eigenvalue weighted by molar-refractivity contribution is -0.130. The van der Waals surface area contributed by atoms with E-state index in [1.54, 1.807) is 17.0 Å². The quantitative estimate of drug-likeness (QED) is 0.193. The van der Waals surface area contributed by atoms with Gasteiger partial charge in [0.1, 0.15) is 5.75 Å². The first-order chi connectivity index (χ1) is 17.3. The molecule has 3 rings (SSSR count). The number of aliphatic hydroxyl groups is 2. The predicted molar refractivity (Wildman–Crippen MR) is 146 cm³/mol. The number of phenols is 1. The summed E-state index contributed by atoms with van der Waals surface area (Å²) in [5.74, 6) is -0.837. The van der Waals surface area contributed by atoms with Crippen molar-refractivity contribution in [2.24, 2.45) is 5.10 Å². The number of fused-ring (bicyclic) bond motifs is 1. The van der Waals surface area contributed by atoms with Crippen molar-refractivity contribution in [2.45, 2.75) is 0 Å². The van der Waals surface area contributed by atoms with E-state index in [1.165, 1.54) is 11.1 Å². The number of halogens is 2. The largest absolute Gasteiger partial charge is 0.506 e. The van der Waals surface area contributed by atoms with Crippen molar-refractivity contribution in [1.29, 1.82) is 0 Å². The number of hydrogen-bond donors (Lipinski definition) is 4. The molecule has 0 spiro atoms. The second-order valence-electron chi connectivity index (χ2n) is 7.83. The molecule has 0 unspecified atom stereocenters. The molecule has 3 aromatic carbocycles. The number of carbonyl (C=O) groups is 2. The summed E-state index contributed by atoms with van der Waals surface area (Å²) < 4.78 is 1.19. The molecule has 0 heterocycles. The van der Waals surface area contributed by atoms with Crippen LogP contribution in [-0.4, -0.2) is 77.6 Å². The van der Waals surface area contributed by atoms with Crippen LogP contribution in [0.2, 0.25) is 0 Å². The van der Waals surface area contributed by atoms with Gasteiger partial charge in [0.15, 0.2) is 0 Å². The summed E-state index contributed by atoms with van der Waals surface area (Å²) in [5, 5.41) is 34.6. The number of nitrogens with zero attached hydrogens (tertiary/aromatic N) is 3. The Morgan fingerprint density at radius 1 is 0.944 bits per heavy atom. The number of phenolic OH excluding ortho intramolecular Hbond substituents is 1. The van der Waals surface area contributed by atoms with Gasteiger partial charge in [0.05, 0.1) is 37.0 Å². The zero-order chi connectivity index (χ0) is 26.1. The average molecular weight is 622 g/mol. The number of aliphatic hydroxyl groups excluding tert-OH is 2. The van der Waals surface area contributed by atoms with Gasteiger partial charge in [-0.15, -0.1) is 0 Å². The fraction of sp³-hybridized carbons (Fsp3) is 0.240. The second-order valence-corrected chi connectivity index (χ2v) is 9.60. The highest BCUT2D eigenvalue weighted by Crippen LogP contribution is 2.30. The lowest BCUT2D eigenvalue weighted by Crippen LogP contribution is -2.45. The molecule has 2 amide bonds. The minimum absolute atomic E-state index is 0.0209. The first-order valence-electron chi connectivity index (χ1n) is 11.1. The van der Waals surface area contributed by atoms with Crippen molar-refractivity contribution < 1.29 is 24.9 Å². The third-order valence-corrected chi connectivity index (χ3v) is 6.36. The number of anilines is 1. The molecule has 0 aliphatic heterocycles. The van der Waals surface area contributed by atoms with Gasteiger partial charge in [-0.25, -0.2) is 5.43 Å². The van der Waals surface area contributed by atoms with E-state index in [-0.39, 0.29) is 51.0 Å². The van der Waals surface area contributed by atoms with E-state index in [1.807, 2.05) is 42.5 Å². The lowest BCUT2D eigenvalue weighted by Gasteiger charge is -2.28. The summed E-state index contributed by atoms with van der Waals surface area (Å²) in [7, 11) is 0. The number of hydrogen-bond acceptors (Lipinski definition) is 7. The number of hydrazone groups is 1. The third kappa shape index (κ3) is 7.50. The number of amides is 2. The van der Waals surface area contributed by atoms with Gasteiger partial charge in [0, 0.05) is 28.8 Å². The first kappa shape index (κ1) is 27.6. The normalized spacial score (nSPS) is 11.1. The standard InChI is InChI=1S/C25H26Br2N4O5/c26-20-11-19(25(36)22(27)13-20)14-28-29-23(34)15-31(16-24(35)30(7-9-32)8-10-33)21-6-5-17-3-1-2-4-18(17)12-21/h1-6,11-14,32-33,36H,7-10,15-16H2,(H,29,34)/b28-14+. The smallest absolute Gasteiger partial charge is 0.259 e. The SMILES string of the molecule is O=C(CN(CC(=O)N(CCO)CCO)c1ccc2ccccc2c1)N/N=C/c1cc(Br)cc(Br)c1O. The summed E-state index contributed by atoms with van der Waals surface area (Å²) in [6, 6.07) is 16.7. The summed E-state index contributed by atoms with van der Waals surface area (Å²) in [5.41, 5.74) is 3.48. The predicted octanol–water partition coefficient (Wildman–Crippen LogP) is 2.84. The molecule has 3 aromatic rings. The van der Waals surface area contributed by atoms with Gasteiger partial charge < -0.3 is 25.1 Å². The van der Waals surface area contributed by atoms with Gasteiger partial charge in [0.2, 0.25) is 5.91 Å². The van der Waals surface area contributed by atoms with Crippen LogP contribution in [0.3, 0.4) is 0 Å². The zero-order valence-corrected chi connectivity index (χ0v) is 22.4. The molecule has 0 atom stereocenters. The molecule has 0 bridgehead atoms. The monoisotopic (exact) mass is 620 g/mol. The van der Waals surface area contributed by atoms with Crippen LogP contribution in [0.15, 0.2) is 68.6 Å². The molecular weight excluding hydrogens is 596 g/mol. The topological polar surface area (TPSA) is 126 Å². The van der Waals surface area contributed by atoms with Crippen LogP contribution >= 0.6 is 31.9 Å². The van der Waals surface area contributed by atoms with Crippen LogP contribution in [0.4, 0.5) is 5.69 Å².